The van der Waals surface area contributed by atoms with E-state index >= 15 is 0 Å². The van der Waals surface area contributed by atoms with Crippen LogP contribution in [-0.4, -0.2) is 48.6 Å². The molecule has 6 heteroatoms. The van der Waals surface area contributed by atoms with Gasteiger partial charge in [0.05, 0.1) is 18.0 Å². The number of aromatic nitrogens is 1. The predicted octanol–water partition coefficient (Wildman–Crippen LogP) is 3.36. The highest BCUT2D eigenvalue weighted by Crippen LogP contribution is 2.38. The molecule has 0 radical (unpaired) electrons. The topological polar surface area (TPSA) is 51.7 Å². The highest BCUT2D eigenvalue weighted by molar-refractivity contribution is 5.90. The normalized spacial score (nSPS) is 16.7. The maximum absolute atomic E-state index is 13.8. The first-order valence-corrected chi connectivity index (χ1v) is 10.4. The number of hydrogen-bond acceptors (Lipinski definition) is 5. The Balaban J connectivity index is 1.38. The van der Waals surface area contributed by atoms with Crippen molar-refractivity contribution in [1.82, 2.24) is 9.88 Å². The van der Waals surface area contributed by atoms with Crippen LogP contribution in [0, 0.1) is 0 Å². The van der Waals surface area contributed by atoms with Gasteiger partial charge < -0.3 is 20.0 Å². The third-order valence-electron chi connectivity index (χ3n) is 5.93. The second-order valence-electron chi connectivity index (χ2n) is 7.65. The number of pyridine rings is 1. The van der Waals surface area contributed by atoms with Gasteiger partial charge in [0.15, 0.2) is 0 Å². The molecule has 0 saturated carbocycles. The van der Waals surface area contributed by atoms with Crippen molar-refractivity contribution in [2.24, 2.45) is 0 Å². The minimum absolute atomic E-state index is 0.161. The van der Waals surface area contributed by atoms with Gasteiger partial charge >= 0.3 is 0 Å². The molecule has 2 aliphatic rings. The molecule has 2 aliphatic heterocycles. The van der Waals surface area contributed by atoms with Gasteiger partial charge in [-0.25, -0.2) is 0 Å². The number of piperazine rings is 1. The summed E-state index contributed by atoms with van der Waals surface area (Å²) in [4.78, 5) is 24.4. The van der Waals surface area contributed by atoms with Gasteiger partial charge in [-0.3, -0.25) is 9.78 Å². The number of amides is 1. The number of fused-ring (bicyclic) bond motifs is 1. The van der Waals surface area contributed by atoms with E-state index in [0.717, 1.165) is 35.7 Å². The predicted molar refractivity (Wildman–Crippen MR) is 120 cm³/mol. The van der Waals surface area contributed by atoms with Crippen molar-refractivity contribution in [3.63, 3.8) is 0 Å². The molecule has 5 rings (SSSR count). The Kier molecular flexibility index (Phi) is 4.97. The lowest BCUT2D eigenvalue weighted by atomic mass is 10.0. The molecule has 1 N–H and O–H groups in total. The Labute approximate surface area is 176 Å². The molecule has 6 nitrogen and oxygen atoms in total. The lowest BCUT2D eigenvalue weighted by molar-refractivity contribution is -0.133. The fraction of sp³-hybridized carbons (Fsp3) is 0.250. The molecule has 1 fully saturated rings. The number of carbonyl (C=O) groups excluding carboxylic acids is 1. The van der Waals surface area contributed by atoms with Crippen LogP contribution in [0.2, 0.25) is 0 Å². The second-order valence-corrected chi connectivity index (χ2v) is 7.65. The molecule has 3 aromatic rings. The van der Waals surface area contributed by atoms with Crippen LogP contribution in [0.4, 0.5) is 17.1 Å². The van der Waals surface area contributed by atoms with Crippen LogP contribution < -0.4 is 15.1 Å². The first kappa shape index (κ1) is 18.5. The van der Waals surface area contributed by atoms with Crippen molar-refractivity contribution >= 4 is 23.0 Å². The number of carbonyl (C=O) groups is 1. The summed E-state index contributed by atoms with van der Waals surface area (Å²) in [5, 5.41) is 3.43. The maximum atomic E-state index is 13.8. The van der Waals surface area contributed by atoms with Crippen LogP contribution in [-0.2, 0) is 4.79 Å². The summed E-state index contributed by atoms with van der Waals surface area (Å²) in [5.41, 5.74) is 4.34. The number of anilines is 3. The molecule has 1 unspecified atom stereocenters. The molecular formula is C24H25N5O. The molecule has 1 aromatic heterocycles. The fourth-order valence-electron chi connectivity index (χ4n) is 4.36. The first-order chi connectivity index (χ1) is 14.8. The van der Waals surface area contributed by atoms with Crippen LogP contribution in [0.15, 0.2) is 79.1 Å². The van der Waals surface area contributed by atoms with Gasteiger partial charge in [-0.1, -0.05) is 42.5 Å². The second kappa shape index (κ2) is 8.06. The van der Waals surface area contributed by atoms with Crippen molar-refractivity contribution in [3.8, 4) is 0 Å². The lowest BCUT2D eigenvalue weighted by Crippen LogP contribution is -2.52. The van der Waals surface area contributed by atoms with E-state index in [1.54, 1.807) is 0 Å². The number of nitrogens with one attached hydrogen (secondary N) is 1. The van der Waals surface area contributed by atoms with E-state index < -0.39 is 0 Å². The standard InChI is InChI=1S/C24H25N5O/c30-24(28-16-14-27(15-17-28)20-10-12-25-13-11-20)23(19-6-2-1-3-7-19)29-18-26-21-8-4-5-9-22(21)29/h1-13,23,26H,14-18H2. The molecule has 1 saturated heterocycles. The monoisotopic (exact) mass is 399 g/mol. The molecule has 2 aromatic carbocycles. The van der Waals surface area contributed by atoms with Crippen LogP contribution >= 0.6 is 0 Å². The number of nitrogens with zero attached hydrogens (tertiary/aromatic N) is 4. The smallest absolute Gasteiger partial charge is 0.250 e. The van der Waals surface area contributed by atoms with Gasteiger partial charge in [-0.15, -0.1) is 0 Å². The van der Waals surface area contributed by atoms with Crippen LogP contribution in [0.1, 0.15) is 11.6 Å². The third kappa shape index (κ3) is 3.45. The molecule has 0 aliphatic carbocycles. The SMILES string of the molecule is O=C(C(c1ccccc1)N1CNc2ccccc21)N1CCN(c2ccncc2)CC1. The van der Waals surface area contributed by atoms with E-state index in [1.807, 2.05) is 59.8 Å². The summed E-state index contributed by atoms with van der Waals surface area (Å²) in [6, 6.07) is 22.0. The van der Waals surface area contributed by atoms with Crippen molar-refractivity contribution < 1.29 is 4.79 Å². The van der Waals surface area contributed by atoms with Gasteiger partial charge in [0.25, 0.3) is 0 Å². The average molecular weight is 399 g/mol. The number of benzene rings is 2. The van der Waals surface area contributed by atoms with Crippen molar-refractivity contribution in [3.05, 3.63) is 84.7 Å². The quantitative estimate of drug-likeness (QED) is 0.729. The number of para-hydroxylation sites is 2. The molecule has 30 heavy (non-hydrogen) atoms. The molecule has 3 heterocycles. The van der Waals surface area contributed by atoms with Gasteiger partial charge in [-0.05, 0) is 29.8 Å². The zero-order valence-electron chi connectivity index (χ0n) is 16.8. The highest BCUT2D eigenvalue weighted by Gasteiger charge is 2.35. The summed E-state index contributed by atoms with van der Waals surface area (Å²) >= 11 is 0. The zero-order chi connectivity index (χ0) is 20.3. The van der Waals surface area contributed by atoms with E-state index in [1.165, 1.54) is 0 Å². The summed E-state index contributed by atoms with van der Waals surface area (Å²) in [7, 11) is 0. The summed E-state index contributed by atoms with van der Waals surface area (Å²) in [6.07, 6.45) is 3.63. The minimum atomic E-state index is -0.338. The van der Waals surface area contributed by atoms with Gasteiger partial charge in [0.1, 0.15) is 6.04 Å². The van der Waals surface area contributed by atoms with Gasteiger partial charge in [0.2, 0.25) is 5.91 Å². The van der Waals surface area contributed by atoms with E-state index in [0.29, 0.717) is 19.8 Å². The molecule has 1 amide bonds. The van der Waals surface area contributed by atoms with Crippen molar-refractivity contribution in [1.29, 1.82) is 0 Å². The Hall–Kier alpha value is -3.54. The van der Waals surface area contributed by atoms with E-state index in [-0.39, 0.29) is 11.9 Å². The third-order valence-corrected chi connectivity index (χ3v) is 5.93. The number of rotatable bonds is 4. The Morgan fingerprint density at radius 3 is 2.33 bits per heavy atom. The molecule has 1 atom stereocenters. The van der Waals surface area contributed by atoms with Crippen molar-refractivity contribution in [2.45, 2.75) is 6.04 Å². The van der Waals surface area contributed by atoms with Crippen LogP contribution in [0.25, 0.3) is 0 Å². The summed E-state index contributed by atoms with van der Waals surface area (Å²) < 4.78 is 0. The Morgan fingerprint density at radius 1 is 0.867 bits per heavy atom. The van der Waals surface area contributed by atoms with Crippen LogP contribution in [0.3, 0.4) is 0 Å². The van der Waals surface area contributed by atoms with Crippen molar-refractivity contribution in [2.75, 3.05) is 48.0 Å². The highest BCUT2D eigenvalue weighted by atomic mass is 16.2. The summed E-state index contributed by atoms with van der Waals surface area (Å²) in [6.45, 7) is 3.71. The number of hydrogen-bond donors (Lipinski definition) is 1. The molecular weight excluding hydrogens is 374 g/mol. The van der Waals surface area contributed by atoms with E-state index in [2.05, 4.69) is 44.4 Å². The molecule has 0 bridgehead atoms. The lowest BCUT2D eigenvalue weighted by Gasteiger charge is -2.39. The molecule has 0 spiro atoms. The first-order valence-electron chi connectivity index (χ1n) is 10.4. The van der Waals surface area contributed by atoms with Gasteiger partial charge in [-0.2, -0.15) is 0 Å². The van der Waals surface area contributed by atoms with E-state index in [9.17, 15) is 4.79 Å². The average Bonchev–Trinajstić information content (AvgIpc) is 3.24. The maximum Gasteiger partial charge on any atom is 0.250 e. The zero-order valence-corrected chi connectivity index (χ0v) is 16.8. The van der Waals surface area contributed by atoms with E-state index in [4.69, 9.17) is 0 Å². The Bertz CT molecular complexity index is 1000. The molecule has 152 valence electrons. The minimum Gasteiger partial charge on any atom is -0.368 e. The summed E-state index contributed by atoms with van der Waals surface area (Å²) in [5.74, 6) is 0.161. The van der Waals surface area contributed by atoms with Gasteiger partial charge in [0, 0.05) is 44.3 Å². The van der Waals surface area contributed by atoms with Crippen LogP contribution in [0.5, 0.6) is 0 Å². The Morgan fingerprint density at radius 2 is 1.57 bits per heavy atom. The fourth-order valence-corrected chi connectivity index (χ4v) is 4.36. The largest absolute Gasteiger partial charge is 0.368 e.